The Morgan fingerprint density at radius 3 is 2.71 bits per heavy atom. The summed E-state index contributed by atoms with van der Waals surface area (Å²) < 4.78 is 38.8. The maximum Gasteiger partial charge on any atom is 0.433 e. The van der Waals surface area contributed by atoms with Gasteiger partial charge in [0.25, 0.3) is 0 Å². The molecule has 0 N–H and O–H groups in total. The molecule has 1 fully saturated rings. The zero-order valence-corrected chi connectivity index (χ0v) is 14.1. The molecule has 1 aromatic carbocycles. The first-order chi connectivity index (χ1) is 13.4. The van der Waals surface area contributed by atoms with E-state index in [4.69, 9.17) is 0 Å². The van der Waals surface area contributed by atoms with E-state index in [1.165, 1.54) is 11.1 Å². The Labute approximate surface area is 156 Å². The monoisotopic (exact) mass is 384 g/mol. The van der Waals surface area contributed by atoms with Crippen molar-refractivity contribution in [1.82, 2.24) is 15.0 Å². The second-order valence-corrected chi connectivity index (χ2v) is 6.03. The number of fused-ring (bicyclic) bond motifs is 1. The first-order valence-electron chi connectivity index (χ1n) is 8.13. The topological polar surface area (TPSA) is 86.0 Å². The van der Waals surface area contributed by atoms with Crippen molar-refractivity contribution in [3.8, 4) is 6.07 Å². The summed E-state index contributed by atoms with van der Waals surface area (Å²) in [6.07, 6.45) is -0.675. The van der Waals surface area contributed by atoms with Crippen molar-refractivity contribution >= 4 is 28.4 Å². The van der Waals surface area contributed by atoms with Crippen LogP contribution >= 0.6 is 0 Å². The van der Waals surface area contributed by atoms with Crippen molar-refractivity contribution in [2.45, 2.75) is 12.2 Å². The fourth-order valence-electron chi connectivity index (χ4n) is 3.06. The Balaban J connectivity index is 1.78. The van der Waals surface area contributed by atoms with Crippen LogP contribution in [0.3, 0.4) is 0 Å². The maximum atomic E-state index is 13.0. The lowest BCUT2D eigenvalue weighted by atomic mass is 10.1. The molecule has 10 heteroatoms. The van der Waals surface area contributed by atoms with E-state index in [0.29, 0.717) is 11.1 Å². The number of hydrogen-bond donors (Lipinski definition) is 0. The second kappa shape index (κ2) is 6.45. The molecule has 0 radical (unpaired) electrons. The third kappa shape index (κ3) is 2.87. The molecule has 0 aliphatic carbocycles. The van der Waals surface area contributed by atoms with Gasteiger partial charge < -0.3 is 0 Å². The van der Waals surface area contributed by atoms with Crippen LogP contribution in [0.4, 0.5) is 29.6 Å². The summed E-state index contributed by atoms with van der Waals surface area (Å²) in [7, 11) is 0. The highest BCUT2D eigenvalue weighted by Gasteiger charge is 2.42. The van der Waals surface area contributed by atoms with Crippen molar-refractivity contribution in [3.05, 3.63) is 54.6 Å². The summed E-state index contributed by atoms with van der Waals surface area (Å²) in [5, 5.41) is 11.0. The normalized spacial score (nSPS) is 17.2. The summed E-state index contributed by atoms with van der Waals surface area (Å²) in [6.45, 7) is -0.167. The third-order valence-corrected chi connectivity index (χ3v) is 4.33. The summed E-state index contributed by atoms with van der Waals surface area (Å²) in [5.74, 6) is -0.407. The number of carbonyl (C=O) groups is 1. The lowest BCUT2D eigenvalue weighted by molar-refractivity contribution is -0.141. The van der Waals surface area contributed by atoms with Gasteiger partial charge in [-0.25, -0.2) is 14.8 Å². The van der Waals surface area contributed by atoms with Gasteiger partial charge in [0, 0.05) is 23.2 Å². The fourth-order valence-corrected chi connectivity index (χ4v) is 3.06. The molecule has 4 rings (SSSR count). The minimum atomic E-state index is -4.67. The molecule has 7 nitrogen and oxygen atoms in total. The molecule has 3 heterocycles. The van der Waals surface area contributed by atoms with E-state index in [1.54, 1.807) is 24.4 Å². The van der Waals surface area contributed by atoms with Gasteiger partial charge in [-0.05, 0) is 6.07 Å². The Kier molecular flexibility index (Phi) is 4.07. The Morgan fingerprint density at radius 2 is 1.96 bits per heavy atom. The van der Waals surface area contributed by atoms with Crippen molar-refractivity contribution in [2.24, 2.45) is 0 Å². The highest BCUT2D eigenvalue weighted by atomic mass is 19.4. The number of nitriles is 1. The van der Waals surface area contributed by atoms with Gasteiger partial charge in [0.2, 0.25) is 5.95 Å². The van der Waals surface area contributed by atoms with E-state index >= 15 is 0 Å². The number of pyridine rings is 1. The number of nitrogens with zero attached hydrogens (tertiary/aromatic N) is 6. The van der Waals surface area contributed by atoms with Crippen molar-refractivity contribution in [3.63, 3.8) is 0 Å². The lowest BCUT2D eigenvalue weighted by Gasteiger charge is -2.20. The Hall–Kier alpha value is -3.74. The van der Waals surface area contributed by atoms with Crippen LogP contribution in [0.2, 0.25) is 0 Å². The third-order valence-electron chi connectivity index (χ3n) is 4.33. The number of benzene rings is 1. The van der Waals surface area contributed by atoms with Crippen LogP contribution < -0.4 is 9.80 Å². The number of alkyl halides is 3. The van der Waals surface area contributed by atoms with Gasteiger partial charge in [-0.3, -0.25) is 14.8 Å². The molecular weight excluding hydrogens is 373 g/mol. The fraction of sp³-hybridized carbons (Fsp3) is 0.167. The summed E-state index contributed by atoms with van der Waals surface area (Å²) in [5.41, 5.74) is -0.770. The van der Waals surface area contributed by atoms with Crippen LogP contribution in [-0.2, 0) is 6.18 Å². The molecule has 0 bridgehead atoms. The molecule has 0 saturated carbocycles. The Bertz CT molecular complexity index is 1100. The molecule has 3 aromatic rings. The van der Waals surface area contributed by atoms with E-state index in [-0.39, 0.29) is 6.54 Å². The smallest absolute Gasteiger partial charge is 0.273 e. The summed E-state index contributed by atoms with van der Waals surface area (Å²) in [4.78, 5) is 26.5. The van der Waals surface area contributed by atoms with Crippen LogP contribution in [0, 0.1) is 11.3 Å². The molecule has 28 heavy (non-hydrogen) atoms. The largest absolute Gasteiger partial charge is 0.433 e. The van der Waals surface area contributed by atoms with Crippen LogP contribution in [-0.4, -0.2) is 33.6 Å². The number of urea groups is 1. The summed E-state index contributed by atoms with van der Waals surface area (Å²) >= 11 is 0. The van der Waals surface area contributed by atoms with Crippen LogP contribution in [0.15, 0.2) is 48.9 Å². The molecule has 1 atom stereocenters. The molecule has 2 amide bonds. The number of aromatic nitrogens is 3. The molecule has 0 spiro atoms. The average Bonchev–Trinajstić information content (AvgIpc) is 3.03. The molecule has 1 saturated heterocycles. The number of carbonyl (C=O) groups excluding carboxylic acids is 1. The lowest BCUT2D eigenvalue weighted by Crippen LogP contribution is -2.35. The van der Waals surface area contributed by atoms with Crippen molar-refractivity contribution < 1.29 is 18.0 Å². The van der Waals surface area contributed by atoms with Crippen molar-refractivity contribution in [2.75, 3.05) is 16.3 Å². The molecule has 0 unspecified atom stereocenters. The minimum Gasteiger partial charge on any atom is -0.273 e. The van der Waals surface area contributed by atoms with E-state index in [1.807, 2.05) is 12.1 Å². The predicted molar refractivity (Wildman–Crippen MR) is 93.4 cm³/mol. The standard InChI is InChI=1S/C18H11F3N6O/c19-18(20,21)15-5-6-24-16(25-15)26-10-12(7-22)27(17(26)28)14-9-23-8-11-3-1-2-4-13(11)14/h1-6,8-9,12H,10H2/t12-/m0/s1. The highest BCUT2D eigenvalue weighted by Crippen LogP contribution is 2.33. The summed E-state index contributed by atoms with van der Waals surface area (Å²) in [6, 6.07) is 8.28. The van der Waals surface area contributed by atoms with Crippen LogP contribution in [0.1, 0.15) is 5.69 Å². The van der Waals surface area contributed by atoms with Gasteiger partial charge in [0.15, 0.2) is 0 Å². The first kappa shape index (κ1) is 17.7. The van der Waals surface area contributed by atoms with E-state index < -0.39 is 29.9 Å². The zero-order chi connectivity index (χ0) is 19.9. The molecule has 1 aliphatic heterocycles. The van der Waals surface area contributed by atoms with Crippen LogP contribution in [0.5, 0.6) is 0 Å². The number of hydrogen-bond acceptors (Lipinski definition) is 5. The zero-order valence-electron chi connectivity index (χ0n) is 14.1. The van der Waals surface area contributed by atoms with Gasteiger partial charge in [-0.2, -0.15) is 18.4 Å². The number of rotatable bonds is 2. The highest BCUT2D eigenvalue weighted by molar-refractivity contribution is 6.11. The number of anilines is 2. The average molecular weight is 384 g/mol. The van der Waals surface area contributed by atoms with Gasteiger partial charge in [-0.15, -0.1) is 0 Å². The van der Waals surface area contributed by atoms with E-state index in [2.05, 4.69) is 15.0 Å². The molecule has 2 aromatic heterocycles. The second-order valence-electron chi connectivity index (χ2n) is 6.03. The van der Waals surface area contributed by atoms with Crippen molar-refractivity contribution in [1.29, 1.82) is 5.26 Å². The Morgan fingerprint density at radius 1 is 1.18 bits per heavy atom. The van der Waals surface area contributed by atoms with E-state index in [0.717, 1.165) is 22.5 Å². The number of amides is 2. The van der Waals surface area contributed by atoms with Crippen LogP contribution in [0.25, 0.3) is 10.8 Å². The van der Waals surface area contributed by atoms with Gasteiger partial charge in [0.05, 0.1) is 24.5 Å². The quantitative estimate of drug-likeness (QED) is 0.676. The minimum absolute atomic E-state index is 0.167. The van der Waals surface area contributed by atoms with E-state index in [9.17, 15) is 23.2 Å². The predicted octanol–water partition coefficient (Wildman–Crippen LogP) is 3.38. The molecule has 140 valence electrons. The van der Waals surface area contributed by atoms with Gasteiger partial charge >= 0.3 is 12.2 Å². The molecular formula is C18H11F3N6O. The number of halogens is 3. The molecule has 1 aliphatic rings. The SMILES string of the molecule is N#C[C@H]1CN(c2nccc(C(F)(F)F)n2)C(=O)N1c1cncc2ccccc12. The maximum absolute atomic E-state index is 13.0. The van der Waals surface area contributed by atoms with Gasteiger partial charge in [0.1, 0.15) is 11.7 Å². The first-order valence-corrected chi connectivity index (χ1v) is 8.13. The van der Waals surface area contributed by atoms with Gasteiger partial charge in [-0.1, -0.05) is 24.3 Å².